The van der Waals surface area contributed by atoms with E-state index in [2.05, 4.69) is 5.32 Å². The highest BCUT2D eigenvalue weighted by Gasteiger charge is 2.22. The minimum atomic E-state index is -3.70. The Balaban J connectivity index is 2.33. The number of aryl methyl sites for hydroxylation is 1. The lowest BCUT2D eigenvalue weighted by molar-refractivity contribution is 0.0943. The number of hydrogen-bond acceptors (Lipinski definition) is 3. The highest BCUT2D eigenvalue weighted by atomic mass is 35.5. The number of sulfonamides is 1. The monoisotopic (exact) mass is 380 g/mol. The van der Waals surface area contributed by atoms with E-state index in [1.54, 1.807) is 30.3 Å². The van der Waals surface area contributed by atoms with Gasteiger partial charge in [0.25, 0.3) is 15.9 Å². The first kappa shape index (κ1) is 19.3. The number of nitrogens with one attached hydrogen (secondary N) is 1. The fourth-order valence-electron chi connectivity index (χ4n) is 2.23. The van der Waals surface area contributed by atoms with Gasteiger partial charge in [-0.3, -0.25) is 9.10 Å². The average Bonchev–Trinajstić information content (AvgIpc) is 2.53. The maximum Gasteiger partial charge on any atom is 0.264 e. The van der Waals surface area contributed by atoms with Crippen LogP contribution in [-0.4, -0.2) is 27.4 Å². The molecule has 0 saturated heterocycles. The molecule has 1 amide bonds. The van der Waals surface area contributed by atoms with Gasteiger partial charge in [-0.2, -0.15) is 0 Å². The number of benzene rings is 2. The van der Waals surface area contributed by atoms with Crippen molar-refractivity contribution in [2.75, 3.05) is 11.4 Å². The quantitative estimate of drug-likeness (QED) is 0.861. The third kappa shape index (κ3) is 4.32. The summed E-state index contributed by atoms with van der Waals surface area (Å²) < 4.78 is 26.6. The van der Waals surface area contributed by atoms with Crippen molar-refractivity contribution in [1.82, 2.24) is 5.32 Å². The Hall–Kier alpha value is -2.05. The van der Waals surface area contributed by atoms with E-state index in [4.69, 9.17) is 11.6 Å². The molecule has 0 heterocycles. The van der Waals surface area contributed by atoms with Crippen LogP contribution in [0.4, 0.5) is 5.69 Å². The van der Waals surface area contributed by atoms with E-state index in [0.29, 0.717) is 11.3 Å². The van der Waals surface area contributed by atoms with Gasteiger partial charge >= 0.3 is 0 Å². The summed E-state index contributed by atoms with van der Waals surface area (Å²) in [6.45, 7) is 5.59. The number of anilines is 1. The molecular formula is C18H21ClN2O3S. The lowest BCUT2D eigenvalue weighted by atomic mass is 10.2. The number of hydrogen-bond donors (Lipinski definition) is 1. The van der Waals surface area contributed by atoms with Crippen molar-refractivity contribution in [3.8, 4) is 0 Å². The molecule has 0 aliphatic rings. The summed E-state index contributed by atoms with van der Waals surface area (Å²) in [6, 6.07) is 11.2. The minimum Gasteiger partial charge on any atom is -0.350 e. The maximum atomic E-state index is 12.7. The molecule has 0 fully saturated rings. The summed E-state index contributed by atoms with van der Waals surface area (Å²) in [5.74, 6) is -0.296. The fourth-order valence-corrected chi connectivity index (χ4v) is 3.68. The van der Waals surface area contributed by atoms with Gasteiger partial charge in [-0.25, -0.2) is 8.42 Å². The zero-order valence-corrected chi connectivity index (χ0v) is 16.1. The van der Waals surface area contributed by atoms with Gasteiger partial charge in [-0.1, -0.05) is 29.3 Å². The first-order valence-corrected chi connectivity index (χ1v) is 9.60. The second-order valence-corrected chi connectivity index (χ2v) is 8.45. The molecule has 0 atom stereocenters. The summed E-state index contributed by atoms with van der Waals surface area (Å²) in [5.41, 5.74) is 1.66. The number of nitrogens with zero attached hydrogens (tertiary/aromatic N) is 1. The second kappa shape index (κ2) is 7.45. The van der Waals surface area contributed by atoms with E-state index < -0.39 is 10.0 Å². The molecule has 1 N–H and O–H groups in total. The van der Waals surface area contributed by atoms with Crippen molar-refractivity contribution in [1.29, 1.82) is 0 Å². The molecule has 0 aliphatic heterocycles. The smallest absolute Gasteiger partial charge is 0.264 e. The van der Waals surface area contributed by atoms with Gasteiger partial charge in [-0.15, -0.1) is 0 Å². The number of rotatable bonds is 5. The van der Waals surface area contributed by atoms with Crippen LogP contribution in [0.2, 0.25) is 5.02 Å². The molecule has 2 aromatic rings. The number of carbonyl (C=O) groups is 1. The van der Waals surface area contributed by atoms with Crippen molar-refractivity contribution in [3.63, 3.8) is 0 Å². The van der Waals surface area contributed by atoms with Crippen LogP contribution in [0.25, 0.3) is 0 Å². The molecule has 2 aromatic carbocycles. The van der Waals surface area contributed by atoms with Gasteiger partial charge in [0.2, 0.25) is 0 Å². The molecule has 134 valence electrons. The molecule has 0 radical (unpaired) electrons. The van der Waals surface area contributed by atoms with E-state index in [0.717, 1.165) is 9.87 Å². The van der Waals surface area contributed by atoms with Gasteiger partial charge < -0.3 is 5.32 Å². The van der Waals surface area contributed by atoms with Gasteiger partial charge in [0.1, 0.15) is 0 Å². The van der Waals surface area contributed by atoms with Gasteiger partial charge in [0, 0.05) is 13.1 Å². The second-order valence-electron chi connectivity index (χ2n) is 6.08. The minimum absolute atomic E-state index is 0.0205. The van der Waals surface area contributed by atoms with Crippen LogP contribution in [0.15, 0.2) is 47.4 Å². The zero-order valence-electron chi connectivity index (χ0n) is 14.6. The Labute approximate surface area is 153 Å². The standard InChI is InChI=1S/C18H21ClN2O3S/c1-12(2)20-18(22)16-10-7-14(11-17(16)19)21(4)25(23,24)15-8-5-13(3)6-9-15/h5-12H,1-4H3,(H,20,22). The number of amides is 1. The Morgan fingerprint density at radius 1 is 1.12 bits per heavy atom. The maximum absolute atomic E-state index is 12.7. The molecule has 0 unspecified atom stereocenters. The predicted molar refractivity (Wildman–Crippen MR) is 101 cm³/mol. The third-order valence-corrected chi connectivity index (χ3v) is 5.77. The van der Waals surface area contributed by atoms with E-state index in [-0.39, 0.29) is 21.9 Å². The number of halogens is 1. The van der Waals surface area contributed by atoms with Crippen LogP contribution >= 0.6 is 11.6 Å². The van der Waals surface area contributed by atoms with E-state index >= 15 is 0 Å². The van der Waals surface area contributed by atoms with Crippen molar-refractivity contribution in [2.24, 2.45) is 0 Å². The molecule has 7 heteroatoms. The van der Waals surface area contributed by atoms with Crippen LogP contribution in [0.5, 0.6) is 0 Å². The first-order valence-electron chi connectivity index (χ1n) is 7.79. The topological polar surface area (TPSA) is 66.5 Å². The van der Waals surface area contributed by atoms with Crippen LogP contribution in [0, 0.1) is 6.92 Å². The zero-order chi connectivity index (χ0) is 18.8. The predicted octanol–water partition coefficient (Wildman–Crippen LogP) is 3.61. The molecule has 2 rings (SSSR count). The van der Waals surface area contributed by atoms with Crippen molar-refractivity contribution in [2.45, 2.75) is 31.7 Å². The van der Waals surface area contributed by atoms with Crippen molar-refractivity contribution >= 4 is 33.2 Å². The van der Waals surface area contributed by atoms with Crippen LogP contribution in [0.1, 0.15) is 29.8 Å². The largest absolute Gasteiger partial charge is 0.350 e. The van der Waals surface area contributed by atoms with E-state index in [9.17, 15) is 13.2 Å². The summed E-state index contributed by atoms with van der Waals surface area (Å²) in [6.07, 6.45) is 0. The Morgan fingerprint density at radius 2 is 1.72 bits per heavy atom. The molecule has 0 aromatic heterocycles. The summed E-state index contributed by atoms with van der Waals surface area (Å²) in [7, 11) is -2.25. The van der Waals surface area contributed by atoms with Crippen LogP contribution in [-0.2, 0) is 10.0 Å². The molecule has 0 aliphatic carbocycles. The lowest BCUT2D eigenvalue weighted by Crippen LogP contribution is -2.30. The summed E-state index contributed by atoms with van der Waals surface area (Å²) in [4.78, 5) is 12.3. The first-order chi connectivity index (χ1) is 11.6. The molecule has 5 nitrogen and oxygen atoms in total. The summed E-state index contributed by atoms with van der Waals surface area (Å²) >= 11 is 6.19. The highest BCUT2D eigenvalue weighted by Crippen LogP contribution is 2.27. The molecule has 0 bridgehead atoms. The molecule has 0 saturated carbocycles. The van der Waals surface area contributed by atoms with E-state index in [1.165, 1.54) is 19.2 Å². The Morgan fingerprint density at radius 3 is 2.24 bits per heavy atom. The normalized spacial score (nSPS) is 11.4. The average molecular weight is 381 g/mol. The van der Waals surface area contributed by atoms with Gasteiger partial charge in [0.15, 0.2) is 0 Å². The van der Waals surface area contributed by atoms with Crippen LogP contribution in [0.3, 0.4) is 0 Å². The molecule has 25 heavy (non-hydrogen) atoms. The Kier molecular flexibility index (Phi) is 5.75. The third-order valence-electron chi connectivity index (χ3n) is 3.66. The van der Waals surface area contributed by atoms with Crippen LogP contribution < -0.4 is 9.62 Å². The SMILES string of the molecule is Cc1ccc(S(=O)(=O)N(C)c2ccc(C(=O)NC(C)C)c(Cl)c2)cc1. The summed E-state index contributed by atoms with van der Waals surface area (Å²) in [5, 5.41) is 2.95. The van der Waals surface area contributed by atoms with Crippen molar-refractivity contribution in [3.05, 3.63) is 58.6 Å². The fraction of sp³-hybridized carbons (Fsp3) is 0.278. The van der Waals surface area contributed by atoms with Gasteiger partial charge in [-0.05, 0) is 51.1 Å². The van der Waals surface area contributed by atoms with E-state index in [1.807, 2.05) is 20.8 Å². The molecule has 0 spiro atoms. The Bertz CT molecular complexity index is 878. The number of carbonyl (C=O) groups excluding carboxylic acids is 1. The molecular weight excluding hydrogens is 360 g/mol. The van der Waals surface area contributed by atoms with Crippen molar-refractivity contribution < 1.29 is 13.2 Å². The lowest BCUT2D eigenvalue weighted by Gasteiger charge is -2.20. The highest BCUT2D eigenvalue weighted by molar-refractivity contribution is 7.92. The van der Waals surface area contributed by atoms with Gasteiger partial charge in [0.05, 0.1) is 21.2 Å².